The van der Waals surface area contributed by atoms with Gasteiger partial charge in [0.2, 0.25) is 0 Å². The van der Waals surface area contributed by atoms with Gasteiger partial charge in [-0.2, -0.15) is 0 Å². The summed E-state index contributed by atoms with van der Waals surface area (Å²) in [6.07, 6.45) is -0.416. The molecule has 0 radical (unpaired) electrons. The highest BCUT2D eigenvalue weighted by Gasteiger charge is 2.27. The van der Waals surface area contributed by atoms with Gasteiger partial charge >= 0.3 is 0 Å². The fraction of sp³-hybridized carbons (Fsp3) is 0.222. The second kappa shape index (κ2) is 6.88. The average molecular weight is 346 g/mol. The molecule has 2 aromatic rings. The number of halogens is 2. The first-order chi connectivity index (χ1) is 11.9. The van der Waals surface area contributed by atoms with E-state index in [1.54, 1.807) is 25.1 Å². The first-order valence-electron chi connectivity index (χ1n) is 7.78. The summed E-state index contributed by atoms with van der Waals surface area (Å²) >= 11 is 0. The van der Waals surface area contributed by atoms with Gasteiger partial charge in [-0.05, 0) is 43.2 Å². The summed E-state index contributed by atoms with van der Waals surface area (Å²) in [6.45, 7) is 1.79. The lowest BCUT2D eigenvalue weighted by molar-refractivity contribution is -0.122. The van der Waals surface area contributed by atoms with Gasteiger partial charge in [0, 0.05) is 12.6 Å². The summed E-state index contributed by atoms with van der Waals surface area (Å²) in [6, 6.07) is 8.10. The van der Waals surface area contributed by atoms with Crippen LogP contribution in [0.1, 0.15) is 22.8 Å². The van der Waals surface area contributed by atoms with Crippen LogP contribution < -0.4 is 15.4 Å². The van der Waals surface area contributed by atoms with Crippen LogP contribution >= 0.6 is 0 Å². The van der Waals surface area contributed by atoms with Crippen LogP contribution in [-0.4, -0.2) is 24.5 Å². The van der Waals surface area contributed by atoms with Crippen LogP contribution in [0.25, 0.3) is 0 Å². The molecule has 0 aliphatic carbocycles. The molecule has 25 heavy (non-hydrogen) atoms. The molecule has 2 amide bonds. The van der Waals surface area contributed by atoms with Gasteiger partial charge in [-0.1, -0.05) is 6.07 Å². The molecule has 7 heteroatoms. The average Bonchev–Trinajstić information content (AvgIpc) is 2.54. The van der Waals surface area contributed by atoms with E-state index in [2.05, 4.69) is 10.6 Å². The predicted octanol–water partition coefficient (Wildman–Crippen LogP) is 2.66. The van der Waals surface area contributed by atoms with Gasteiger partial charge in [-0.25, -0.2) is 8.78 Å². The lowest BCUT2D eigenvalue weighted by atomic mass is 10.1. The number of nitrogens with one attached hydrogen (secondary N) is 2. The summed E-state index contributed by atoms with van der Waals surface area (Å²) in [5.41, 5.74) is 1.17. The quantitative estimate of drug-likeness (QED) is 0.894. The lowest BCUT2D eigenvalue weighted by Gasteiger charge is -2.25. The molecule has 2 N–H and O–H groups in total. The molecule has 3 rings (SSSR count). The van der Waals surface area contributed by atoms with E-state index < -0.39 is 23.6 Å². The molecule has 0 saturated carbocycles. The third-order valence-corrected chi connectivity index (χ3v) is 3.80. The van der Waals surface area contributed by atoms with Crippen LogP contribution in [0.15, 0.2) is 36.4 Å². The van der Waals surface area contributed by atoms with Crippen LogP contribution in [0.2, 0.25) is 0 Å². The Bertz CT molecular complexity index is 819. The summed E-state index contributed by atoms with van der Waals surface area (Å²) in [7, 11) is 0. The van der Waals surface area contributed by atoms with Crippen molar-refractivity contribution in [2.24, 2.45) is 0 Å². The van der Waals surface area contributed by atoms with Crippen molar-refractivity contribution in [3.8, 4) is 5.75 Å². The molecule has 1 aliphatic heterocycles. The van der Waals surface area contributed by atoms with Gasteiger partial charge in [0.1, 0.15) is 11.6 Å². The van der Waals surface area contributed by atoms with Crippen molar-refractivity contribution in [1.82, 2.24) is 5.32 Å². The zero-order valence-electron chi connectivity index (χ0n) is 13.4. The minimum Gasteiger partial charge on any atom is -0.478 e. The molecule has 130 valence electrons. The molecule has 0 saturated heterocycles. The molecule has 0 bridgehead atoms. The lowest BCUT2D eigenvalue weighted by Crippen LogP contribution is -2.36. The van der Waals surface area contributed by atoms with Crippen molar-refractivity contribution in [1.29, 1.82) is 0 Å². The van der Waals surface area contributed by atoms with Gasteiger partial charge < -0.3 is 15.4 Å². The van der Waals surface area contributed by atoms with Crippen molar-refractivity contribution < 1.29 is 23.1 Å². The molecule has 1 atom stereocenters. The SMILES string of the molecule is C[C@@H]1Oc2c(cccc2C(=O)NCCc2cc(F)cc(F)c2)NC1=O. The number of carbonyl (C=O) groups is 2. The highest BCUT2D eigenvalue weighted by molar-refractivity contribution is 6.03. The van der Waals surface area contributed by atoms with E-state index in [1.807, 2.05) is 0 Å². The van der Waals surface area contributed by atoms with Crippen LogP contribution in [-0.2, 0) is 11.2 Å². The third kappa shape index (κ3) is 3.76. The minimum atomic E-state index is -0.697. The van der Waals surface area contributed by atoms with Crippen LogP contribution in [0.4, 0.5) is 14.5 Å². The first-order valence-corrected chi connectivity index (χ1v) is 7.78. The summed E-state index contributed by atoms with van der Waals surface area (Å²) in [5.74, 6) is -1.67. The maximum absolute atomic E-state index is 13.2. The van der Waals surface area contributed by atoms with Gasteiger partial charge in [0.15, 0.2) is 11.9 Å². The number of hydrogen-bond acceptors (Lipinski definition) is 3. The molecule has 2 aromatic carbocycles. The standard InChI is InChI=1S/C18H16F2N2O3/c1-10-17(23)22-15-4-2-3-14(16(15)25-10)18(24)21-6-5-11-7-12(19)9-13(20)8-11/h2-4,7-10H,5-6H2,1H3,(H,21,24)(H,22,23)/t10-/m0/s1. The van der Waals surface area contributed by atoms with E-state index >= 15 is 0 Å². The summed E-state index contributed by atoms with van der Waals surface area (Å²) in [4.78, 5) is 24.0. The fourth-order valence-corrected chi connectivity index (χ4v) is 2.58. The predicted molar refractivity (Wildman–Crippen MR) is 87.6 cm³/mol. The zero-order valence-corrected chi connectivity index (χ0v) is 13.4. The Labute approximate surface area is 143 Å². The molecule has 0 spiro atoms. The number of rotatable bonds is 4. The molecular formula is C18H16F2N2O3. The number of para-hydroxylation sites is 1. The maximum atomic E-state index is 13.2. The first kappa shape index (κ1) is 16.9. The Morgan fingerprint density at radius 1 is 1.24 bits per heavy atom. The number of ether oxygens (including phenoxy) is 1. The molecular weight excluding hydrogens is 330 g/mol. The smallest absolute Gasteiger partial charge is 0.265 e. The fourth-order valence-electron chi connectivity index (χ4n) is 2.58. The van der Waals surface area contributed by atoms with Crippen molar-refractivity contribution in [2.45, 2.75) is 19.4 Å². The number of fused-ring (bicyclic) bond motifs is 1. The van der Waals surface area contributed by atoms with E-state index in [1.165, 1.54) is 12.1 Å². The van der Waals surface area contributed by atoms with Gasteiger partial charge in [0.05, 0.1) is 11.3 Å². The Balaban J connectivity index is 1.68. The van der Waals surface area contributed by atoms with Crippen LogP contribution in [0.3, 0.4) is 0 Å². The van der Waals surface area contributed by atoms with Crippen molar-refractivity contribution >= 4 is 17.5 Å². The van der Waals surface area contributed by atoms with Gasteiger partial charge in [-0.3, -0.25) is 9.59 Å². The second-order valence-corrected chi connectivity index (χ2v) is 5.72. The normalized spacial score (nSPS) is 15.8. The Morgan fingerprint density at radius 3 is 2.68 bits per heavy atom. The van der Waals surface area contributed by atoms with Gasteiger partial charge in [-0.15, -0.1) is 0 Å². The zero-order chi connectivity index (χ0) is 18.0. The number of amides is 2. The number of anilines is 1. The van der Waals surface area contributed by atoms with Crippen molar-refractivity contribution in [3.63, 3.8) is 0 Å². The Hall–Kier alpha value is -2.96. The molecule has 1 aliphatic rings. The highest BCUT2D eigenvalue weighted by Crippen LogP contribution is 2.33. The largest absolute Gasteiger partial charge is 0.478 e. The van der Waals surface area contributed by atoms with E-state index in [4.69, 9.17) is 4.74 Å². The van der Waals surface area contributed by atoms with Gasteiger partial charge in [0.25, 0.3) is 11.8 Å². The van der Waals surface area contributed by atoms with E-state index in [0.29, 0.717) is 17.0 Å². The highest BCUT2D eigenvalue weighted by atomic mass is 19.1. The van der Waals surface area contributed by atoms with Crippen molar-refractivity contribution in [3.05, 3.63) is 59.2 Å². The monoisotopic (exact) mass is 346 g/mol. The topological polar surface area (TPSA) is 67.4 Å². The van der Waals surface area contributed by atoms with Crippen molar-refractivity contribution in [2.75, 3.05) is 11.9 Å². The van der Waals surface area contributed by atoms with E-state index in [0.717, 1.165) is 6.07 Å². The Morgan fingerprint density at radius 2 is 1.96 bits per heavy atom. The van der Waals surface area contributed by atoms with Crippen LogP contribution in [0.5, 0.6) is 5.75 Å². The molecule has 5 nitrogen and oxygen atoms in total. The summed E-state index contributed by atoms with van der Waals surface area (Å²) < 4.78 is 31.8. The molecule has 0 fully saturated rings. The molecule has 1 heterocycles. The molecule has 0 aromatic heterocycles. The second-order valence-electron chi connectivity index (χ2n) is 5.72. The van der Waals surface area contributed by atoms with E-state index in [9.17, 15) is 18.4 Å². The Kier molecular flexibility index (Phi) is 4.65. The maximum Gasteiger partial charge on any atom is 0.265 e. The summed E-state index contributed by atoms with van der Waals surface area (Å²) in [5, 5.41) is 5.36. The number of hydrogen-bond donors (Lipinski definition) is 2. The van der Waals surface area contributed by atoms with E-state index in [-0.39, 0.29) is 24.4 Å². The third-order valence-electron chi connectivity index (χ3n) is 3.80. The van der Waals surface area contributed by atoms with Crippen LogP contribution in [0, 0.1) is 11.6 Å². The molecule has 0 unspecified atom stereocenters. The minimum absolute atomic E-state index is 0.202. The number of carbonyl (C=O) groups excluding carboxylic acids is 2. The number of benzene rings is 2.